The van der Waals surface area contributed by atoms with Crippen LogP contribution in [-0.2, 0) is 6.54 Å². The van der Waals surface area contributed by atoms with Crippen LogP contribution in [0.2, 0.25) is 0 Å². The first-order valence-electron chi connectivity index (χ1n) is 11.1. The zero-order chi connectivity index (χ0) is 19.6. The number of aromatic nitrogens is 3. The van der Waals surface area contributed by atoms with Gasteiger partial charge < -0.3 is 5.32 Å². The number of benzene rings is 1. The Bertz CT molecular complexity index is 947. The number of hydrogen-bond donors (Lipinski definition) is 1. The minimum Gasteiger partial charge on any atom is -0.385 e. The Labute approximate surface area is 177 Å². The molecule has 0 amide bonds. The van der Waals surface area contributed by atoms with Crippen LogP contribution in [0.5, 0.6) is 0 Å². The summed E-state index contributed by atoms with van der Waals surface area (Å²) >= 11 is 1.87. The Morgan fingerprint density at radius 3 is 2.66 bits per heavy atom. The molecule has 2 saturated carbocycles. The molecule has 0 spiro atoms. The average molecular weight is 407 g/mol. The minimum atomic E-state index is 0.696. The van der Waals surface area contributed by atoms with Gasteiger partial charge in [0.15, 0.2) is 0 Å². The Hall–Kier alpha value is -2.14. The summed E-state index contributed by atoms with van der Waals surface area (Å²) in [5, 5.41) is 9.47. The van der Waals surface area contributed by atoms with Crippen LogP contribution in [0.25, 0.3) is 10.4 Å². The van der Waals surface area contributed by atoms with Gasteiger partial charge >= 0.3 is 0 Å². The molecule has 0 atom stereocenters. The third kappa shape index (κ3) is 4.40. The van der Waals surface area contributed by atoms with Crippen molar-refractivity contribution in [3.63, 3.8) is 0 Å². The largest absolute Gasteiger partial charge is 0.385 e. The predicted octanol–water partition coefficient (Wildman–Crippen LogP) is 6.29. The van der Waals surface area contributed by atoms with E-state index in [1.165, 1.54) is 65.2 Å². The zero-order valence-corrected chi connectivity index (χ0v) is 18.0. The Morgan fingerprint density at radius 2 is 1.90 bits per heavy atom. The smallest absolute Gasteiger partial charge is 0.0962 e. The molecule has 4 nitrogen and oxygen atoms in total. The summed E-state index contributed by atoms with van der Waals surface area (Å²) in [7, 11) is 0. The zero-order valence-electron chi connectivity index (χ0n) is 17.2. The van der Waals surface area contributed by atoms with Crippen LogP contribution >= 0.6 is 11.3 Å². The van der Waals surface area contributed by atoms with Gasteiger partial charge in [-0.25, -0.2) is 4.98 Å². The normalized spacial score (nSPS) is 22.0. The van der Waals surface area contributed by atoms with E-state index < -0.39 is 0 Å². The van der Waals surface area contributed by atoms with E-state index in [1.54, 1.807) is 0 Å². The van der Waals surface area contributed by atoms with Gasteiger partial charge in [0.2, 0.25) is 0 Å². The molecule has 3 aromatic rings. The number of nitrogens with one attached hydrogen (secondary N) is 1. The first-order valence-corrected chi connectivity index (χ1v) is 11.9. The second kappa shape index (κ2) is 8.31. The van der Waals surface area contributed by atoms with Gasteiger partial charge in [0.1, 0.15) is 0 Å². The molecule has 2 aromatic heterocycles. The highest BCUT2D eigenvalue weighted by Gasteiger charge is 2.27. The molecule has 152 valence electrons. The monoisotopic (exact) mass is 406 g/mol. The van der Waals surface area contributed by atoms with Crippen LogP contribution in [-0.4, -0.2) is 21.3 Å². The lowest BCUT2D eigenvalue weighted by atomic mass is 9.79. The SMILES string of the molecule is CCn1cc(C2CCC(CNc3cccc(-c4cnc(C5CC5)s4)c3)CC2)cn1. The lowest BCUT2D eigenvalue weighted by Crippen LogP contribution is -2.20. The van der Waals surface area contributed by atoms with Crippen molar-refractivity contribution in [3.8, 4) is 10.4 Å². The van der Waals surface area contributed by atoms with E-state index in [-0.39, 0.29) is 0 Å². The maximum Gasteiger partial charge on any atom is 0.0962 e. The molecule has 2 aliphatic rings. The first-order chi connectivity index (χ1) is 14.3. The summed E-state index contributed by atoms with van der Waals surface area (Å²) in [6.45, 7) is 4.18. The summed E-state index contributed by atoms with van der Waals surface area (Å²) in [5.74, 6) is 2.20. The van der Waals surface area contributed by atoms with Crippen molar-refractivity contribution in [1.82, 2.24) is 14.8 Å². The number of nitrogens with zero attached hydrogens (tertiary/aromatic N) is 3. The van der Waals surface area contributed by atoms with Gasteiger partial charge in [0.25, 0.3) is 0 Å². The summed E-state index contributed by atoms with van der Waals surface area (Å²) in [4.78, 5) is 5.93. The highest BCUT2D eigenvalue weighted by Crippen LogP contribution is 2.43. The van der Waals surface area contributed by atoms with Crippen molar-refractivity contribution in [2.45, 2.75) is 63.8 Å². The molecule has 2 fully saturated rings. The number of aryl methyl sites for hydroxylation is 1. The Kier molecular flexibility index (Phi) is 5.40. The fraction of sp³-hybridized carbons (Fsp3) is 0.500. The lowest BCUT2D eigenvalue weighted by molar-refractivity contribution is 0.338. The molecular weight excluding hydrogens is 376 g/mol. The van der Waals surface area contributed by atoms with Crippen molar-refractivity contribution in [3.05, 3.63) is 53.4 Å². The molecule has 0 bridgehead atoms. The third-order valence-corrected chi connectivity index (χ3v) is 7.70. The molecule has 5 heteroatoms. The van der Waals surface area contributed by atoms with Crippen molar-refractivity contribution in [2.75, 3.05) is 11.9 Å². The van der Waals surface area contributed by atoms with Gasteiger partial charge in [-0.1, -0.05) is 12.1 Å². The molecule has 0 unspecified atom stereocenters. The van der Waals surface area contributed by atoms with Crippen molar-refractivity contribution in [1.29, 1.82) is 0 Å². The van der Waals surface area contributed by atoms with Gasteiger partial charge in [-0.3, -0.25) is 4.68 Å². The van der Waals surface area contributed by atoms with Crippen LogP contribution in [0, 0.1) is 5.92 Å². The van der Waals surface area contributed by atoms with E-state index in [4.69, 9.17) is 0 Å². The number of thiazole rings is 1. The second-order valence-corrected chi connectivity index (χ2v) is 9.71. The maximum atomic E-state index is 4.63. The number of rotatable bonds is 7. The predicted molar refractivity (Wildman–Crippen MR) is 121 cm³/mol. The van der Waals surface area contributed by atoms with Crippen molar-refractivity contribution < 1.29 is 0 Å². The molecule has 0 aliphatic heterocycles. The molecule has 1 aromatic carbocycles. The van der Waals surface area contributed by atoms with Crippen LogP contribution in [0.1, 0.15) is 67.9 Å². The van der Waals surface area contributed by atoms with Crippen LogP contribution in [0.15, 0.2) is 42.9 Å². The topological polar surface area (TPSA) is 42.7 Å². The molecule has 2 heterocycles. The Balaban J connectivity index is 1.15. The van der Waals surface area contributed by atoms with E-state index in [0.29, 0.717) is 5.92 Å². The molecule has 2 aliphatic carbocycles. The van der Waals surface area contributed by atoms with Crippen molar-refractivity contribution >= 4 is 17.0 Å². The van der Waals surface area contributed by atoms with E-state index in [0.717, 1.165) is 24.9 Å². The molecule has 5 rings (SSSR count). The number of anilines is 1. The molecule has 29 heavy (non-hydrogen) atoms. The highest BCUT2D eigenvalue weighted by molar-refractivity contribution is 7.15. The van der Waals surface area contributed by atoms with Gasteiger partial charge in [0, 0.05) is 37.1 Å². The lowest BCUT2D eigenvalue weighted by Gasteiger charge is -2.28. The fourth-order valence-corrected chi connectivity index (χ4v) is 5.53. The summed E-state index contributed by atoms with van der Waals surface area (Å²) in [6, 6.07) is 8.85. The van der Waals surface area contributed by atoms with Gasteiger partial charge in [-0.05, 0) is 80.5 Å². The average Bonchev–Trinajstić information content (AvgIpc) is 3.30. The van der Waals surface area contributed by atoms with Crippen LogP contribution in [0.3, 0.4) is 0 Å². The van der Waals surface area contributed by atoms with E-state index in [1.807, 2.05) is 16.0 Å². The molecule has 0 saturated heterocycles. The summed E-state index contributed by atoms with van der Waals surface area (Å²) in [6.07, 6.45) is 14.2. The van der Waals surface area contributed by atoms with Crippen molar-refractivity contribution in [2.24, 2.45) is 5.92 Å². The van der Waals surface area contributed by atoms with Crippen LogP contribution in [0.4, 0.5) is 5.69 Å². The standard InChI is InChI=1S/C24H30N4S/c1-2-28-16-21(14-27-28)18-8-6-17(7-9-18)13-25-22-5-3-4-20(12-22)23-15-26-24(29-23)19-10-11-19/h3-5,12,14-19,25H,2,6-11,13H2,1H3. The van der Waals surface area contributed by atoms with E-state index in [2.05, 4.69) is 65.2 Å². The maximum absolute atomic E-state index is 4.63. The number of hydrogen-bond acceptors (Lipinski definition) is 4. The minimum absolute atomic E-state index is 0.696. The fourth-order valence-electron chi connectivity index (χ4n) is 4.45. The van der Waals surface area contributed by atoms with E-state index in [9.17, 15) is 0 Å². The third-order valence-electron chi connectivity index (χ3n) is 6.49. The highest BCUT2D eigenvalue weighted by atomic mass is 32.1. The molecule has 1 N–H and O–H groups in total. The van der Waals surface area contributed by atoms with E-state index >= 15 is 0 Å². The Morgan fingerprint density at radius 1 is 1.07 bits per heavy atom. The summed E-state index contributed by atoms with van der Waals surface area (Å²) in [5.41, 5.74) is 3.95. The van der Waals surface area contributed by atoms with Gasteiger partial charge in [-0.2, -0.15) is 5.10 Å². The first kappa shape index (κ1) is 18.9. The van der Waals surface area contributed by atoms with Crippen LogP contribution < -0.4 is 5.32 Å². The molecule has 0 radical (unpaired) electrons. The van der Waals surface area contributed by atoms with Gasteiger partial charge in [0.05, 0.1) is 16.1 Å². The second-order valence-electron chi connectivity index (χ2n) is 8.65. The quantitative estimate of drug-likeness (QED) is 0.501. The molecular formula is C24H30N4S. The summed E-state index contributed by atoms with van der Waals surface area (Å²) < 4.78 is 2.05. The van der Waals surface area contributed by atoms with Gasteiger partial charge in [-0.15, -0.1) is 11.3 Å².